The molecule has 104 valence electrons. The lowest BCUT2D eigenvalue weighted by Gasteiger charge is -2.22. The molecular formula is C16H23NO2. The minimum Gasteiger partial charge on any atom is -0.380 e. The van der Waals surface area contributed by atoms with Crippen molar-refractivity contribution in [2.24, 2.45) is 0 Å². The first-order valence-electron chi connectivity index (χ1n) is 6.88. The molecule has 2 rings (SSSR count). The lowest BCUT2D eigenvalue weighted by atomic mass is 9.96. The summed E-state index contributed by atoms with van der Waals surface area (Å²) in [6, 6.07) is 4.55. The van der Waals surface area contributed by atoms with Gasteiger partial charge >= 0.3 is 0 Å². The van der Waals surface area contributed by atoms with Crippen molar-refractivity contribution in [3.05, 3.63) is 34.4 Å². The number of carbonyl (C=O) groups excluding carboxylic acids is 1. The molecule has 1 atom stereocenters. The van der Waals surface area contributed by atoms with Gasteiger partial charge in [-0.05, 0) is 45.4 Å². The van der Waals surface area contributed by atoms with E-state index in [0.29, 0.717) is 12.6 Å². The quantitative estimate of drug-likeness (QED) is 0.780. The summed E-state index contributed by atoms with van der Waals surface area (Å²) in [5.41, 5.74) is 4.26. The molecule has 1 heterocycles. The molecule has 1 aliphatic rings. The molecule has 3 heteroatoms. The van der Waals surface area contributed by atoms with Crippen LogP contribution in [-0.4, -0.2) is 43.5 Å². The lowest BCUT2D eigenvalue weighted by Crippen LogP contribution is -2.36. The summed E-state index contributed by atoms with van der Waals surface area (Å²) in [6.07, 6.45) is 1.02. The van der Waals surface area contributed by atoms with Crippen LogP contribution in [0.25, 0.3) is 0 Å². The molecule has 0 saturated carbocycles. The normalized spacial score (nSPS) is 19.1. The van der Waals surface area contributed by atoms with Crippen molar-refractivity contribution >= 4 is 5.78 Å². The lowest BCUT2D eigenvalue weighted by molar-refractivity contribution is 0.0906. The van der Waals surface area contributed by atoms with E-state index in [9.17, 15) is 4.79 Å². The Morgan fingerprint density at radius 3 is 2.47 bits per heavy atom. The zero-order valence-electron chi connectivity index (χ0n) is 12.3. The van der Waals surface area contributed by atoms with E-state index in [1.807, 2.05) is 20.9 Å². The van der Waals surface area contributed by atoms with Crippen molar-refractivity contribution in [1.29, 1.82) is 0 Å². The van der Waals surface area contributed by atoms with Gasteiger partial charge in [-0.2, -0.15) is 0 Å². The third kappa shape index (κ3) is 3.23. The second-order valence-electron chi connectivity index (χ2n) is 5.63. The number of carbonyl (C=O) groups is 1. The summed E-state index contributed by atoms with van der Waals surface area (Å²) < 4.78 is 5.38. The molecule has 0 spiro atoms. The minimum atomic E-state index is 0.212. The average Bonchev–Trinajstić information content (AvgIpc) is 2.80. The Morgan fingerprint density at radius 1 is 1.32 bits per heavy atom. The van der Waals surface area contributed by atoms with E-state index in [-0.39, 0.29) is 5.78 Å². The molecule has 0 aliphatic carbocycles. The number of aryl methyl sites for hydroxylation is 3. The molecule has 3 nitrogen and oxygen atoms in total. The Balaban J connectivity index is 2.11. The van der Waals surface area contributed by atoms with Crippen LogP contribution in [0.1, 0.15) is 33.5 Å². The Labute approximate surface area is 115 Å². The smallest absolute Gasteiger partial charge is 0.177 e. The van der Waals surface area contributed by atoms with Gasteiger partial charge in [-0.3, -0.25) is 9.69 Å². The van der Waals surface area contributed by atoms with Gasteiger partial charge in [0.2, 0.25) is 0 Å². The molecule has 1 saturated heterocycles. The maximum absolute atomic E-state index is 12.5. The minimum absolute atomic E-state index is 0.212. The molecule has 1 aliphatic heterocycles. The summed E-state index contributed by atoms with van der Waals surface area (Å²) in [5, 5.41) is 0. The number of ketones is 1. The van der Waals surface area contributed by atoms with Gasteiger partial charge in [0.05, 0.1) is 13.2 Å². The maximum atomic E-state index is 12.5. The van der Waals surface area contributed by atoms with Crippen molar-refractivity contribution in [1.82, 2.24) is 4.90 Å². The fourth-order valence-electron chi connectivity index (χ4n) is 2.92. The molecule has 1 fully saturated rings. The Bertz CT molecular complexity index is 453. The van der Waals surface area contributed by atoms with E-state index in [1.165, 1.54) is 5.56 Å². The van der Waals surface area contributed by atoms with E-state index in [1.54, 1.807) is 0 Å². The maximum Gasteiger partial charge on any atom is 0.177 e. The van der Waals surface area contributed by atoms with E-state index in [2.05, 4.69) is 24.0 Å². The number of ether oxygens (including phenoxy) is 1. The zero-order chi connectivity index (χ0) is 14.0. The number of likely N-dealkylation sites (N-methyl/N-ethyl adjacent to an activating group) is 1. The number of hydrogen-bond donors (Lipinski definition) is 0. The molecule has 0 amide bonds. The van der Waals surface area contributed by atoms with Crippen LogP contribution in [0.5, 0.6) is 0 Å². The number of benzene rings is 1. The van der Waals surface area contributed by atoms with Gasteiger partial charge in [0.15, 0.2) is 5.78 Å². The van der Waals surface area contributed by atoms with Crippen LogP contribution in [0.3, 0.4) is 0 Å². The van der Waals surface area contributed by atoms with Crippen molar-refractivity contribution in [2.75, 3.05) is 26.8 Å². The van der Waals surface area contributed by atoms with Gasteiger partial charge in [0.25, 0.3) is 0 Å². The largest absolute Gasteiger partial charge is 0.380 e. The molecule has 1 aromatic rings. The third-order valence-electron chi connectivity index (χ3n) is 3.88. The fraction of sp³-hybridized carbons (Fsp3) is 0.562. The van der Waals surface area contributed by atoms with Crippen LogP contribution in [0, 0.1) is 20.8 Å². The van der Waals surface area contributed by atoms with Gasteiger partial charge in [0, 0.05) is 18.2 Å². The van der Waals surface area contributed by atoms with Crippen molar-refractivity contribution < 1.29 is 9.53 Å². The van der Waals surface area contributed by atoms with E-state index >= 15 is 0 Å². The van der Waals surface area contributed by atoms with Crippen molar-refractivity contribution in [2.45, 2.75) is 33.2 Å². The molecular weight excluding hydrogens is 238 g/mol. The summed E-state index contributed by atoms with van der Waals surface area (Å²) in [4.78, 5) is 14.6. The Kier molecular flexibility index (Phi) is 4.38. The predicted molar refractivity (Wildman–Crippen MR) is 76.8 cm³/mol. The number of nitrogens with zero attached hydrogens (tertiary/aromatic N) is 1. The van der Waals surface area contributed by atoms with Crippen LogP contribution in [0.4, 0.5) is 0 Å². The van der Waals surface area contributed by atoms with Gasteiger partial charge in [-0.25, -0.2) is 0 Å². The van der Waals surface area contributed by atoms with Crippen LogP contribution in [-0.2, 0) is 4.74 Å². The summed E-state index contributed by atoms with van der Waals surface area (Å²) in [7, 11) is 2.01. The predicted octanol–water partition coefficient (Wildman–Crippen LogP) is 2.52. The van der Waals surface area contributed by atoms with E-state index in [0.717, 1.165) is 36.3 Å². The fourth-order valence-corrected chi connectivity index (χ4v) is 2.92. The highest BCUT2D eigenvalue weighted by Gasteiger charge is 2.23. The molecule has 0 radical (unpaired) electrons. The SMILES string of the molecule is Cc1cc(C)c(C(=O)CN(C)C2CCOC2)c(C)c1. The topological polar surface area (TPSA) is 29.5 Å². The third-order valence-corrected chi connectivity index (χ3v) is 3.88. The summed E-state index contributed by atoms with van der Waals surface area (Å²) in [6.45, 7) is 8.13. The molecule has 0 N–H and O–H groups in total. The summed E-state index contributed by atoms with van der Waals surface area (Å²) >= 11 is 0. The van der Waals surface area contributed by atoms with Crippen molar-refractivity contribution in [3.63, 3.8) is 0 Å². The molecule has 0 bridgehead atoms. The monoisotopic (exact) mass is 261 g/mol. The molecule has 19 heavy (non-hydrogen) atoms. The van der Waals surface area contributed by atoms with Crippen LogP contribution >= 0.6 is 0 Å². The second-order valence-corrected chi connectivity index (χ2v) is 5.63. The molecule has 0 aromatic heterocycles. The zero-order valence-corrected chi connectivity index (χ0v) is 12.3. The van der Waals surface area contributed by atoms with Crippen LogP contribution in [0.2, 0.25) is 0 Å². The molecule has 1 unspecified atom stereocenters. The highest BCUT2D eigenvalue weighted by atomic mass is 16.5. The van der Waals surface area contributed by atoms with Gasteiger partial charge < -0.3 is 4.74 Å². The first-order chi connectivity index (χ1) is 8.99. The molecule has 1 aromatic carbocycles. The first-order valence-corrected chi connectivity index (χ1v) is 6.88. The van der Waals surface area contributed by atoms with Crippen molar-refractivity contribution in [3.8, 4) is 0 Å². The van der Waals surface area contributed by atoms with Gasteiger partial charge in [-0.1, -0.05) is 17.7 Å². The Hall–Kier alpha value is -1.19. The van der Waals surface area contributed by atoms with Crippen LogP contribution in [0.15, 0.2) is 12.1 Å². The number of Topliss-reactive ketones (excluding diaryl/α,β-unsaturated/α-hetero) is 1. The second kappa shape index (κ2) is 5.85. The highest BCUT2D eigenvalue weighted by Crippen LogP contribution is 2.18. The van der Waals surface area contributed by atoms with E-state index < -0.39 is 0 Å². The van der Waals surface area contributed by atoms with Gasteiger partial charge in [-0.15, -0.1) is 0 Å². The average molecular weight is 261 g/mol. The number of hydrogen-bond acceptors (Lipinski definition) is 3. The Morgan fingerprint density at radius 2 is 1.95 bits per heavy atom. The number of rotatable bonds is 4. The standard InChI is InChI=1S/C16H23NO2/c1-11-7-12(2)16(13(3)8-11)15(18)9-17(4)14-5-6-19-10-14/h7-8,14H,5-6,9-10H2,1-4H3. The highest BCUT2D eigenvalue weighted by molar-refractivity contribution is 6.00. The summed E-state index contributed by atoms with van der Waals surface area (Å²) in [5.74, 6) is 0.212. The van der Waals surface area contributed by atoms with Crippen LogP contribution < -0.4 is 0 Å². The first kappa shape index (κ1) is 14.2. The van der Waals surface area contributed by atoms with Gasteiger partial charge in [0.1, 0.15) is 0 Å². The van der Waals surface area contributed by atoms with E-state index in [4.69, 9.17) is 4.74 Å².